The average Bonchev–Trinajstić information content (AvgIpc) is 2.76. The van der Waals surface area contributed by atoms with Gasteiger partial charge in [0, 0.05) is 6.04 Å². The van der Waals surface area contributed by atoms with Gasteiger partial charge in [0.05, 0.1) is 6.61 Å². The van der Waals surface area contributed by atoms with Crippen molar-refractivity contribution in [3.8, 4) is 0 Å². The number of esters is 1. The molecule has 3 nitrogen and oxygen atoms in total. The first-order valence-electron chi connectivity index (χ1n) is 7.14. The summed E-state index contributed by atoms with van der Waals surface area (Å²) in [6.45, 7) is 5.80. The molecule has 0 N–H and O–H groups in total. The van der Waals surface area contributed by atoms with E-state index < -0.39 is 0 Å². The standard InChI is InChI=1S/C14H25NO2/c1-3-17-14(16)13-6-4-5-9-15(13)12-8-7-11(2)10-12/h11-13H,3-10H2,1-2H3/t11-,12-,13+/m1/s1. The van der Waals surface area contributed by atoms with Crippen LogP contribution in [0.3, 0.4) is 0 Å². The molecule has 0 bridgehead atoms. The molecule has 0 aromatic rings. The summed E-state index contributed by atoms with van der Waals surface area (Å²) >= 11 is 0. The molecule has 0 aromatic heterocycles. The lowest BCUT2D eigenvalue weighted by atomic mass is 9.98. The predicted molar refractivity (Wildman–Crippen MR) is 67.8 cm³/mol. The SMILES string of the molecule is CCOC(=O)[C@@H]1CCCCN1[C@@H]1CC[C@@H](C)C1. The van der Waals surface area contributed by atoms with Crippen molar-refractivity contribution in [2.24, 2.45) is 5.92 Å². The van der Waals surface area contributed by atoms with Gasteiger partial charge in [-0.25, -0.2) is 0 Å². The van der Waals surface area contributed by atoms with Crippen LogP contribution in [0.5, 0.6) is 0 Å². The van der Waals surface area contributed by atoms with Gasteiger partial charge in [-0.1, -0.05) is 13.3 Å². The highest BCUT2D eigenvalue weighted by Crippen LogP contribution is 2.33. The molecule has 0 amide bonds. The molecule has 3 atom stereocenters. The number of carbonyl (C=O) groups is 1. The van der Waals surface area contributed by atoms with E-state index in [-0.39, 0.29) is 12.0 Å². The number of piperidine rings is 1. The highest BCUT2D eigenvalue weighted by Gasteiger charge is 2.36. The molecule has 17 heavy (non-hydrogen) atoms. The van der Waals surface area contributed by atoms with E-state index in [9.17, 15) is 4.79 Å². The van der Waals surface area contributed by atoms with Gasteiger partial charge >= 0.3 is 5.97 Å². The number of rotatable bonds is 3. The first-order valence-corrected chi connectivity index (χ1v) is 7.14. The largest absolute Gasteiger partial charge is 0.465 e. The van der Waals surface area contributed by atoms with Crippen molar-refractivity contribution in [2.45, 2.75) is 64.5 Å². The molecule has 0 radical (unpaired) electrons. The summed E-state index contributed by atoms with van der Waals surface area (Å²) in [6, 6.07) is 0.665. The Morgan fingerprint density at radius 2 is 2.12 bits per heavy atom. The summed E-state index contributed by atoms with van der Waals surface area (Å²) in [5.74, 6) is 0.830. The van der Waals surface area contributed by atoms with Crippen molar-refractivity contribution in [2.75, 3.05) is 13.2 Å². The number of hydrogen-bond acceptors (Lipinski definition) is 3. The number of ether oxygens (including phenoxy) is 1. The first kappa shape index (κ1) is 12.9. The van der Waals surface area contributed by atoms with Gasteiger partial charge in [0.1, 0.15) is 6.04 Å². The maximum Gasteiger partial charge on any atom is 0.323 e. The van der Waals surface area contributed by atoms with Crippen LogP contribution in [0.4, 0.5) is 0 Å². The quantitative estimate of drug-likeness (QED) is 0.709. The second kappa shape index (κ2) is 5.85. The highest BCUT2D eigenvalue weighted by atomic mass is 16.5. The minimum Gasteiger partial charge on any atom is -0.465 e. The fourth-order valence-electron chi connectivity index (χ4n) is 3.36. The van der Waals surface area contributed by atoms with Crippen molar-refractivity contribution < 1.29 is 9.53 Å². The topological polar surface area (TPSA) is 29.5 Å². The second-order valence-corrected chi connectivity index (χ2v) is 5.57. The number of likely N-dealkylation sites (tertiary alicyclic amines) is 1. The number of nitrogens with zero attached hydrogens (tertiary/aromatic N) is 1. The molecule has 1 heterocycles. The smallest absolute Gasteiger partial charge is 0.323 e. The minimum atomic E-state index is 0.00625. The van der Waals surface area contributed by atoms with Crippen LogP contribution in [0.1, 0.15) is 52.4 Å². The van der Waals surface area contributed by atoms with Gasteiger partial charge < -0.3 is 4.74 Å². The Morgan fingerprint density at radius 3 is 2.76 bits per heavy atom. The number of carbonyl (C=O) groups excluding carboxylic acids is 1. The zero-order chi connectivity index (χ0) is 12.3. The summed E-state index contributed by atoms with van der Waals surface area (Å²) in [5.41, 5.74) is 0. The van der Waals surface area contributed by atoms with Crippen LogP contribution >= 0.6 is 0 Å². The molecule has 3 heteroatoms. The number of hydrogen-bond donors (Lipinski definition) is 0. The Labute approximate surface area is 105 Å². The molecule has 1 saturated carbocycles. The van der Waals surface area contributed by atoms with Gasteiger partial charge in [0.2, 0.25) is 0 Å². The third kappa shape index (κ3) is 3.01. The summed E-state index contributed by atoms with van der Waals surface area (Å²) < 4.78 is 5.22. The molecule has 1 aliphatic heterocycles. The summed E-state index contributed by atoms with van der Waals surface area (Å²) in [6.07, 6.45) is 7.23. The normalized spacial score (nSPS) is 34.8. The van der Waals surface area contributed by atoms with Gasteiger partial charge in [-0.15, -0.1) is 0 Å². The van der Waals surface area contributed by atoms with Crippen LogP contribution in [0.15, 0.2) is 0 Å². The molecular weight excluding hydrogens is 214 g/mol. The maximum absolute atomic E-state index is 12.0. The Morgan fingerprint density at radius 1 is 1.29 bits per heavy atom. The first-order chi connectivity index (χ1) is 8.22. The fourth-order valence-corrected chi connectivity index (χ4v) is 3.36. The highest BCUT2D eigenvalue weighted by molar-refractivity contribution is 5.76. The van der Waals surface area contributed by atoms with E-state index in [4.69, 9.17) is 4.74 Å². The van der Waals surface area contributed by atoms with Crippen molar-refractivity contribution in [1.29, 1.82) is 0 Å². The van der Waals surface area contributed by atoms with Crippen molar-refractivity contribution >= 4 is 5.97 Å². The Hall–Kier alpha value is -0.570. The molecule has 98 valence electrons. The third-order valence-electron chi connectivity index (χ3n) is 4.24. The van der Waals surface area contributed by atoms with Crippen LogP contribution in [0, 0.1) is 5.92 Å². The lowest BCUT2D eigenvalue weighted by molar-refractivity contribution is -0.152. The van der Waals surface area contributed by atoms with Gasteiger partial charge in [-0.3, -0.25) is 9.69 Å². The van der Waals surface area contributed by atoms with E-state index in [1.807, 2.05) is 6.92 Å². The van der Waals surface area contributed by atoms with E-state index in [2.05, 4.69) is 11.8 Å². The van der Waals surface area contributed by atoms with Gasteiger partial charge in [0.25, 0.3) is 0 Å². The zero-order valence-electron chi connectivity index (χ0n) is 11.2. The molecule has 0 unspecified atom stereocenters. The van der Waals surface area contributed by atoms with Crippen LogP contribution in [0.25, 0.3) is 0 Å². The third-order valence-corrected chi connectivity index (χ3v) is 4.24. The predicted octanol–water partition coefficient (Wildman–Crippen LogP) is 2.59. The molecule has 2 fully saturated rings. The van der Waals surface area contributed by atoms with Crippen molar-refractivity contribution in [1.82, 2.24) is 4.90 Å². The van der Waals surface area contributed by atoms with Crippen LogP contribution in [0.2, 0.25) is 0 Å². The maximum atomic E-state index is 12.0. The van der Waals surface area contributed by atoms with Gasteiger partial charge in [-0.2, -0.15) is 0 Å². The van der Waals surface area contributed by atoms with E-state index >= 15 is 0 Å². The monoisotopic (exact) mass is 239 g/mol. The molecule has 1 saturated heterocycles. The molecule has 2 rings (SSSR count). The Balaban J connectivity index is 1.99. The molecular formula is C14H25NO2. The summed E-state index contributed by atoms with van der Waals surface area (Å²) in [5, 5.41) is 0. The fraction of sp³-hybridized carbons (Fsp3) is 0.929. The van der Waals surface area contributed by atoms with Gasteiger partial charge in [0.15, 0.2) is 0 Å². The molecule has 1 aliphatic carbocycles. The van der Waals surface area contributed by atoms with E-state index in [1.54, 1.807) is 0 Å². The molecule has 0 aromatic carbocycles. The van der Waals surface area contributed by atoms with Crippen LogP contribution < -0.4 is 0 Å². The van der Waals surface area contributed by atoms with E-state index in [0.717, 1.165) is 18.9 Å². The average molecular weight is 239 g/mol. The zero-order valence-corrected chi connectivity index (χ0v) is 11.2. The second-order valence-electron chi connectivity index (χ2n) is 5.57. The lowest BCUT2D eigenvalue weighted by Gasteiger charge is -2.38. The van der Waals surface area contributed by atoms with Crippen molar-refractivity contribution in [3.05, 3.63) is 0 Å². The summed E-state index contributed by atoms with van der Waals surface area (Å²) in [4.78, 5) is 14.4. The van der Waals surface area contributed by atoms with E-state index in [0.29, 0.717) is 12.6 Å². The summed E-state index contributed by atoms with van der Waals surface area (Å²) in [7, 11) is 0. The lowest BCUT2D eigenvalue weighted by Crippen LogP contribution is -2.49. The molecule has 2 aliphatic rings. The van der Waals surface area contributed by atoms with E-state index in [1.165, 1.54) is 32.1 Å². The van der Waals surface area contributed by atoms with Gasteiger partial charge in [-0.05, 0) is 51.5 Å². The minimum absolute atomic E-state index is 0.00625. The van der Waals surface area contributed by atoms with Crippen LogP contribution in [-0.2, 0) is 9.53 Å². The van der Waals surface area contributed by atoms with Crippen molar-refractivity contribution in [3.63, 3.8) is 0 Å². The Bertz CT molecular complexity index is 267. The molecule has 0 spiro atoms. The van der Waals surface area contributed by atoms with Crippen LogP contribution in [-0.4, -0.2) is 36.1 Å². The Kier molecular flexibility index (Phi) is 4.43.